The summed E-state index contributed by atoms with van der Waals surface area (Å²) in [6, 6.07) is 4.13. The van der Waals surface area contributed by atoms with Gasteiger partial charge in [0.2, 0.25) is 5.91 Å². The van der Waals surface area contributed by atoms with E-state index in [9.17, 15) is 4.79 Å². The molecule has 0 atom stereocenters. The van der Waals surface area contributed by atoms with Crippen LogP contribution in [0.4, 0.5) is 5.82 Å². The molecule has 1 fully saturated rings. The maximum absolute atomic E-state index is 11.0. The average molecular weight is 290 g/mol. The van der Waals surface area contributed by atoms with Crippen LogP contribution in [0.5, 0.6) is 0 Å². The van der Waals surface area contributed by atoms with Crippen molar-refractivity contribution >= 4 is 11.7 Å². The van der Waals surface area contributed by atoms with E-state index < -0.39 is 0 Å². The SMILES string of the molecule is CCCNCc1cccnc1N1CCC(CC(N)=O)CC1. The zero-order valence-corrected chi connectivity index (χ0v) is 12.8. The smallest absolute Gasteiger partial charge is 0.217 e. The van der Waals surface area contributed by atoms with Gasteiger partial charge in [0, 0.05) is 37.8 Å². The molecule has 1 aromatic heterocycles. The van der Waals surface area contributed by atoms with E-state index in [0.29, 0.717) is 12.3 Å². The van der Waals surface area contributed by atoms with Crippen LogP contribution >= 0.6 is 0 Å². The summed E-state index contributed by atoms with van der Waals surface area (Å²) in [6.45, 7) is 5.96. The van der Waals surface area contributed by atoms with E-state index in [-0.39, 0.29) is 5.91 Å². The first-order valence-electron chi connectivity index (χ1n) is 7.88. The second kappa shape index (κ2) is 7.98. The Hall–Kier alpha value is -1.62. The van der Waals surface area contributed by atoms with Crippen molar-refractivity contribution in [1.29, 1.82) is 0 Å². The molecule has 1 saturated heterocycles. The zero-order chi connectivity index (χ0) is 15.1. The van der Waals surface area contributed by atoms with Gasteiger partial charge in [-0.05, 0) is 37.8 Å². The number of amides is 1. The molecule has 2 heterocycles. The molecular formula is C16H26N4O. The minimum atomic E-state index is -0.184. The lowest BCUT2D eigenvalue weighted by atomic mass is 9.93. The van der Waals surface area contributed by atoms with Crippen molar-refractivity contribution < 1.29 is 4.79 Å². The quantitative estimate of drug-likeness (QED) is 0.749. The highest BCUT2D eigenvalue weighted by Gasteiger charge is 2.22. The van der Waals surface area contributed by atoms with Crippen molar-refractivity contribution in [2.24, 2.45) is 11.7 Å². The van der Waals surface area contributed by atoms with E-state index in [1.807, 2.05) is 12.3 Å². The van der Waals surface area contributed by atoms with Crippen molar-refractivity contribution in [2.45, 2.75) is 39.2 Å². The highest BCUT2D eigenvalue weighted by Crippen LogP contribution is 2.26. The first-order valence-corrected chi connectivity index (χ1v) is 7.88. The summed E-state index contributed by atoms with van der Waals surface area (Å²) in [4.78, 5) is 17.9. The normalized spacial score (nSPS) is 16.1. The third kappa shape index (κ3) is 4.70. The average Bonchev–Trinajstić information content (AvgIpc) is 2.48. The van der Waals surface area contributed by atoms with Gasteiger partial charge in [-0.3, -0.25) is 4.79 Å². The van der Waals surface area contributed by atoms with Gasteiger partial charge in [0.05, 0.1) is 0 Å². The van der Waals surface area contributed by atoms with E-state index in [0.717, 1.165) is 51.3 Å². The van der Waals surface area contributed by atoms with E-state index >= 15 is 0 Å². The van der Waals surface area contributed by atoms with Crippen LogP contribution in [0.15, 0.2) is 18.3 Å². The van der Waals surface area contributed by atoms with Crippen LogP contribution in [0.25, 0.3) is 0 Å². The number of carbonyl (C=O) groups excluding carboxylic acids is 1. The van der Waals surface area contributed by atoms with Gasteiger partial charge >= 0.3 is 0 Å². The second-order valence-corrected chi connectivity index (χ2v) is 5.76. The second-order valence-electron chi connectivity index (χ2n) is 5.76. The molecule has 0 aromatic carbocycles. The van der Waals surface area contributed by atoms with Crippen LogP contribution in [0, 0.1) is 5.92 Å². The minimum Gasteiger partial charge on any atom is -0.370 e. The minimum absolute atomic E-state index is 0.184. The first kappa shape index (κ1) is 15.8. The van der Waals surface area contributed by atoms with Crippen LogP contribution in [0.2, 0.25) is 0 Å². The van der Waals surface area contributed by atoms with E-state index in [4.69, 9.17) is 5.73 Å². The number of hydrogen-bond donors (Lipinski definition) is 2. The van der Waals surface area contributed by atoms with E-state index in [1.165, 1.54) is 5.56 Å². The summed E-state index contributed by atoms with van der Waals surface area (Å²) < 4.78 is 0. The Morgan fingerprint density at radius 3 is 2.90 bits per heavy atom. The molecular weight excluding hydrogens is 264 g/mol. The molecule has 0 radical (unpaired) electrons. The topological polar surface area (TPSA) is 71.2 Å². The van der Waals surface area contributed by atoms with Gasteiger partial charge < -0.3 is 16.0 Å². The largest absolute Gasteiger partial charge is 0.370 e. The predicted molar refractivity (Wildman–Crippen MR) is 85.0 cm³/mol. The number of anilines is 1. The van der Waals surface area contributed by atoms with Gasteiger partial charge in [-0.15, -0.1) is 0 Å². The summed E-state index contributed by atoms with van der Waals surface area (Å²) in [5, 5.41) is 3.44. The van der Waals surface area contributed by atoms with Crippen molar-refractivity contribution in [1.82, 2.24) is 10.3 Å². The molecule has 0 aliphatic carbocycles. The summed E-state index contributed by atoms with van der Waals surface area (Å²) in [5.41, 5.74) is 6.54. The van der Waals surface area contributed by atoms with Gasteiger partial charge in [0.1, 0.15) is 5.82 Å². The molecule has 3 N–H and O–H groups in total. The lowest BCUT2D eigenvalue weighted by Gasteiger charge is -2.33. The van der Waals surface area contributed by atoms with E-state index in [1.54, 1.807) is 0 Å². The number of hydrogen-bond acceptors (Lipinski definition) is 4. The molecule has 5 heteroatoms. The summed E-state index contributed by atoms with van der Waals surface area (Å²) in [6.07, 6.45) is 5.53. The Bertz CT molecular complexity index is 455. The summed E-state index contributed by atoms with van der Waals surface area (Å²) in [5.74, 6) is 1.33. The van der Waals surface area contributed by atoms with Crippen molar-refractivity contribution in [2.75, 3.05) is 24.5 Å². The fourth-order valence-corrected chi connectivity index (χ4v) is 2.89. The fourth-order valence-electron chi connectivity index (χ4n) is 2.89. The standard InChI is InChI=1S/C16H26N4O/c1-2-7-18-12-14-4-3-8-19-16(14)20-9-5-13(6-10-20)11-15(17)21/h3-4,8,13,18H,2,5-7,9-12H2,1H3,(H2,17,21). The molecule has 1 aliphatic rings. The summed E-state index contributed by atoms with van der Waals surface area (Å²) in [7, 11) is 0. The molecule has 1 aromatic rings. The molecule has 21 heavy (non-hydrogen) atoms. The highest BCUT2D eigenvalue weighted by molar-refractivity contribution is 5.74. The molecule has 2 rings (SSSR count). The Balaban J connectivity index is 1.94. The first-order chi connectivity index (χ1) is 10.2. The van der Waals surface area contributed by atoms with Crippen LogP contribution in [0.3, 0.4) is 0 Å². The van der Waals surface area contributed by atoms with Gasteiger partial charge in [-0.25, -0.2) is 4.98 Å². The molecule has 0 bridgehead atoms. The lowest BCUT2D eigenvalue weighted by Crippen LogP contribution is -2.36. The maximum atomic E-state index is 11.0. The number of nitrogens with two attached hydrogens (primary N) is 1. The number of rotatable bonds is 7. The molecule has 0 saturated carbocycles. The number of nitrogens with one attached hydrogen (secondary N) is 1. The molecule has 116 valence electrons. The zero-order valence-electron chi connectivity index (χ0n) is 12.8. The third-order valence-corrected chi connectivity index (χ3v) is 4.01. The summed E-state index contributed by atoms with van der Waals surface area (Å²) >= 11 is 0. The number of carbonyl (C=O) groups is 1. The monoisotopic (exact) mass is 290 g/mol. The Morgan fingerprint density at radius 1 is 1.48 bits per heavy atom. The molecule has 5 nitrogen and oxygen atoms in total. The number of pyridine rings is 1. The van der Waals surface area contributed by atoms with Gasteiger partial charge in [0.25, 0.3) is 0 Å². The third-order valence-electron chi connectivity index (χ3n) is 4.01. The maximum Gasteiger partial charge on any atom is 0.217 e. The van der Waals surface area contributed by atoms with Gasteiger partial charge in [-0.2, -0.15) is 0 Å². The lowest BCUT2D eigenvalue weighted by molar-refractivity contribution is -0.119. The van der Waals surface area contributed by atoms with Crippen LogP contribution < -0.4 is 16.0 Å². The number of nitrogens with zero attached hydrogens (tertiary/aromatic N) is 2. The molecule has 1 aliphatic heterocycles. The van der Waals surface area contributed by atoms with Crippen molar-refractivity contribution in [3.63, 3.8) is 0 Å². The van der Waals surface area contributed by atoms with Crippen molar-refractivity contribution in [3.05, 3.63) is 23.9 Å². The number of primary amides is 1. The fraction of sp³-hybridized carbons (Fsp3) is 0.625. The van der Waals surface area contributed by atoms with E-state index in [2.05, 4.69) is 28.2 Å². The molecule has 1 amide bonds. The Labute approximate surface area is 126 Å². The van der Waals surface area contributed by atoms with Gasteiger partial charge in [0.15, 0.2) is 0 Å². The molecule has 0 spiro atoms. The van der Waals surface area contributed by atoms with Crippen LogP contribution in [-0.4, -0.2) is 30.5 Å². The number of aromatic nitrogens is 1. The predicted octanol–water partition coefficient (Wildman–Crippen LogP) is 1.67. The number of piperidine rings is 1. The highest BCUT2D eigenvalue weighted by atomic mass is 16.1. The van der Waals surface area contributed by atoms with Crippen LogP contribution in [0.1, 0.15) is 38.2 Å². The Morgan fingerprint density at radius 2 is 2.24 bits per heavy atom. The van der Waals surface area contributed by atoms with Crippen molar-refractivity contribution in [3.8, 4) is 0 Å². The molecule has 0 unspecified atom stereocenters. The van der Waals surface area contributed by atoms with Crippen LogP contribution in [-0.2, 0) is 11.3 Å². The Kier molecular flexibility index (Phi) is 5.99. The van der Waals surface area contributed by atoms with Gasteiger partial charge in [-0.1, -0.05) is 13.0 Å².